The number of carbonyl (C=O) groups excluding carboxylic acids is 1. The van der Waals surface area contributed by atoms with Gasteiger partial charge in [-0.1, -0.05) is 30.3 Å². The third-order valence-corrected chi connectivity index (χ3v) is 4.25. The van der Waals surface area contributed by atoms with Gasteiger partial charge in [-0.2, -0.15) is 5.10 Å². The number of aromatic nitrogens is 2. The van der Waals surface area contributed by atoms with Crippen LogP contribution in [0.3, 0.4) is 0 Å². The first-order valence-corrected chi connectivity index (χ1v) is 7.86. The predicted molar refractivity (Wildman–Crippen MR) is 87.0 cm³/mol. The minimum atomic E-state index is -0.217. The number of nitrogens with zero attached hydrogens (tertiary/aromatic N) is 2. The summed E-state index contributed by atoms with van der Waals surface area (Å²) in [6.45, 7) is 0.486. The van der Waals surface area contributed by atoms with Crippen molar-refractivity contribution in [1.82, 2.24) is 15.1 Å². The van der Waals surface area contributed by atoms with Crippen molar-refractivity contribution in [2.75, 3.05) is 6.54 Å². The summed E-state index contributed by atoms with van der Waals surface area (Å²) in [6.07, 6.45) is 2.38. The summed E-state index contributed by atoms with van der Waals surface area (Å²) in [7, 11) is 0. The van der Waals surface area contributed by atoms with E-state index in [1.165, 1.54) is 16.0 Å². The maximum atomic E-state index is 12.2. The zero-order valence-electron chi connectivity index (χ0n) is 11.9. The molecule has 3 aromatic rings. The molecule has 0 spiro atoms. The Morgan fingerprint density at radius 1 is 1.23 bits per heavy atom. The van der Waals surface area contributed by atoms with E-state index in [4.69, 9.17) is 0 Å². The normalized spacial score (nSPS) is 10.7. The Morgan fingerprint density at radius 2 is 2.05 bits per heavy atom. The van der Waals surface area contributed by atoms with Crippen LogP contribution in [0.15, 0.2) is 52.8 Å². The Hall–Kier alpha value is -2.47. The number of hydrogen-bond donors (Lipinski definition) is 1. The number of nitrogens with one attached hydrogen (secondary N) is 1. The zero-order chi connectivity index (χ0) is 15.4. The molecule has 0 saturated heterocycles. The molecule has 0 saturated carbocycles. The highest BCUT2D eigenvalue weighted by Crippen LogP contribution is 2.14. The van der Waals surface area contributed by atoms with Gasteiger partial charge in [0.15, 0.2) is 0 Å². The summed E-state index contributed by atoms with van der Waals surface area (Å²) in [5.41, 5.74) is 0.948. The molecule has 0 radical (unpaired) electrons. The average molecular weight is 313 g/mol. The minimum Gasteiger partial charge on any atom is -0.354 e. The topological polar surface area (TPSA) is 64.0 Å². The fourth-order valence-electron chi connectivity index (χ4n) is 2.19. The molecule has 6 heteroatoms. The summed E-state index contributed by atoms with van der Waals surface area (Å²) < 4.78 is 1.84. The van der Waals surface area contributed by atoms with Gasteiger partial charge in [0.25, 0.3) is 5.56 Å². The number of fused-ring (bicyclic) bond motifs is 1. The van der Waals surface area contributed by atoms with Crippen LogP contribution in [0.1, 0.15) is 5.56 Å². The molecular weight excluding hydrogens is 298 g/mol. The van der Waals surface area contributed by atoms with Crippen LogP contribution >= 0.6 is 11.3 Å². The van der Waals surface area contributed by atoms with Crippen molar-refractivity contribution in [3.63, 3.8) is 0 Å². The van der Waals surface area contributed by atoms with Crippen LogP contribution in [0.2, 0.25) is 0 Å². The predicted octanol–water partition coefficient (Wildman–Crippen LogP) is 1.82. The number of amides is 1. The second-order valence-electron chi connectivity index (χ2n) is 4.90. The summed E-state index contributed by atoms with van der Waals surface area (Å²) in [5, 5.41) is 9.51. The maximum absolute atomic E-state index is 12.2. The summed E-state index contributed by atoms with van der Waals surface area (Å²) in [6, 6.07) is 11.8. The van der Waals surface area contributed by atoms with E-state index in [9.17, 15) is 9.59 Å². The average Bonchev–Trinajstić information content (AvgIpc) is 3.01. The highest BCUT2D eigenvalue weighted by molar-refractivity contribution is 7.17. The van der Waals surface area contributed by atoms with Gasteiger partial charge in [-0.05, 0) is 23.4 Å². The Bertz CT molecular complexity index is 839. The molecule has 0 atom stereocenters. The molecule has 22 heavy (non-hydrogen) atoms. The zero-order valence-corrected chi connectivity index (χ0v) is 12.7. The molecule has 0 aliphatic rings. The molecule has 112 valence electrons. The second-order valence-corrected chi connectivity index (χ2v) is 5.81. The first-order chi connectivity index (χ1) is 10.7. The molecule has 0 aliphatic heterocycles. The standard InChI is InChI=1S/C16H15N3O2S/c20-14(17-8-6-12-4-2-1-3-5-12)11-19-16(21)15-13(10-18-19)7-9-22-15/h1-5,7,9-10H,6,8,11H2,(H,17,20). The minimum absolute atomic E-state index is 0.0541. The van der Waals surface area contributed by atoms with Crippen molar-refractivity contribution in [2.24, 2.45) is 0 Å². The van der Waals surface area contributed by atoms with E-state index in [0.717, 1.165) is 17.4 Å². The molecule has 1 N–H and O–H groups in total. The van der Waals surface area contributed by atoms with Crippen LogP contribution in [0.5, 0.6) is 0 Å². The lowest BCUT2D eigenvalue weighted by Crippen LogP contribution is -2.34. The number of hydrogen-bond acceptors (Lipinski definition) is 4. The van der Waals surface area contributed by atoms with Crippen molar-refractivity contribution in [2.45, 2.75) is 13.0 Å². The van der Waals surface area contributed by atoms with Crippen molar-refractivity contribution in [3.05, 3.63) is 63.9 Å². The lowest BCUT2D eigenvalue weighted by Gasteiger charge is -2.06. The van der Waals surface area contributed by atoms with E-state index in [-0.39, 0.29) is 18.0 Å². The van der Waals surface area contributed by atoms with Crippen LogP contribution in [0.4, 0.5) is 0 Å². The van der Waals surface area contributed by atoms with Crippen molar-refractivity contribution in [1.29, 1.82) is 0 Å². The molecule has 0 fully saturated rings. The quantitative estimate of drug-likeness (QED) is 0.781. The van der Waals surface area contributed by atoms with Crippen LogP contribution < -0.4 is 10.9 Å². The van der Waals surface area contributed by atoms with E-state index in [1.54, 1.807) is 6.20 Å². The van der Waals surface area contributed by atoms with Gasteiger partial charge in [0.05, 0.1) is 6.20 Å². The van der Waals surface area contributed by atoms with E-state index in [2.05, 4.69) is 10.4 Å². The van der Waals surface area contributed by atoms with Gasteiger partial charge in [0, 0.05) is 11.9 Å². The fraction of sp³-hybridized carbons (Fsp3) is 0.188. The van der Waals surface area contributed by atoms with Crippen molar-refractivity contribution < 1.29 is 4.79 Å². The number of benzene rings is 1. The molecule has 2 aromatic heterocycles. The Kier molecular flexibility index (Phi) is 4.29. The monoisotopic (exact) mass is 313 g/mol. The van der Waals surface area contributed by atoms with Crippen LogP contribution in [0.25, 0.3) is 10.1 Å². The molecule has 1 aromatic carbocycles. The molecule has 5 nitrogen and oxygen atoms in total. The third kappa shape index (κ3) is 3.23. The highest BCUT2D eigenvalue weighted by Gasteiger charge is 2.08. The number of carbonyl (C=O) groups is 1. The van der Waals surface area contributed by atoms with Gasteiger partial charge in [-0.3, -0.25) is 9.59 Å². The summed E-state index contributed by atoms with van der Waals surface area (Å²) in [5.74, 6) is -0.207. The van der Waals surface area contributed by atoms with Gasteiger partial charge in [-0.15, -0.1) is 11.3 Å². The van der Waals surface area contributed by atoms with E-state index >= 15 is 0 Å². The summed E-state index contributed by atoms with van der Waals surface area (Å²) in [4.78, 5) is 24.1. The first kappa shape index (κ1) is 14.5. The van der Waals surface area contributed by atoms with Gasteiger partial charge in [0.2, 0.25) is 5.91 Å². The molecule has 0 aliphatic carbocycles. The van der Waals surface area contributed by atoms with E-state index in [0.29, 0.717) is 11.2 Å². The molecular formula is C16H15N3O2S. The lowest BCUT2D eigenvalue weighted by molar-refractivity contribution is -0.121. The smallest absolute Gasteiger partial charge is 0.285 e. The SMILES string of the molecule is O=C(Cn1ncc2ccsc2c1=O)NCCc1ccccc1. The van der Waals surface area contributed by atoms with Gasteiger partial charge < -0.3 is 5.32 Å². The maximum Gasteiger partial charge on any atom is 0.285 e. The number of thiophene rings is 1. The van der Waals surface area contributed by atoms with Gasteiger partial charge in [-0.25, -0.2) is 4.68 Å². The Labute approximate surface area is 131 Å². The largest absolute Gasteiger partial charge is 0.354 e. The second kappa shape index (κ2) is 6.53. The highest BCUT2D eigenvalue weighted by atomic mass is 32.1. The molecule has 1 amide bonds. The first-order valence-electron chi connectivity index (χ1n) is 6.98. The number of rotatable bonds is 5. The van der Waals surface area contributed by atoms with Crippen LogP contribution in [0, 0.1) is 0 Å². The molecule has 0 bridgehead atoms. The fourth-order valence-corrected chi connectivity index (χ4v) is 3.01. The van der Waals surface area contributed by atoms with Crippen molar-refractivity contribution >= 4 is 27.3 Å². The van der Waals surface area contributed by atoms with E-state index < -0.39 is 0 Å². The van der Waals surface area contributed by atoms with Gasteiger partial charge in [0.1, 0.15) is 11.2 Å². The van der Waals surface area contributed by atoms with Crippen molar-refractivity contribution in [3.8, 4) is 0 Å². The Balaban J connectivity index is 1.59. The van der Waals surface area contributed by atoms with Crippen LogP contribution in [-0.4, -0.2) is 22.2 Å². The third-order valence-electron chi connectivity index (χ3n) is 3.33. The Morgan fingerprint density at radius 3 is 2.86 bits per heavy atom. The van der Waals surface area contributed by atoms with Gasteiger partial charge >= 0.3 is 0 Å². The molecule has 3 rings (SSSR count). The summed E-state index contributed by atoms with van der Waals surface area (Å²) >= 11 is 1.37. The van der Waals surface area contributed by atoms with Crippen LogP contribution in [-0.2, 0) is 17.8 Å². The van der Waals surface area contributed by atoms with E-state index in [1.807, 2.05) is 41.8 Å². The molecule has 0 unspecified atom stereocenters. The molecule has 2 heterocycles. The lowest BCUT2D eigenvalue weighted by atomic mass is 10.1.